The van der Waals surface area contributed by atoms with Crippen LogP contribution in [0.1, 0.15) is 135 Å². The average Bonchev–Trinajstić information content (AvgIpc) is 2.63. The van der Waals surface area contributed by atoms with Crippen molar-refractivity contribution in [2.45, 2.75) is 135 Å². The summed E-state index contributed by atoms with van der Waals surface area (Å²) < 4.78 is 1.34. The summed E-state index contributed by atoms with van der Waals surface area (Å²) in [5.41, 5.74) is 0. The van der Waals surface area contributed by atoms with Gasteiger partial charge in [0.25, 0.3) is 0 Å². The second-order valence-corrected chi connectivity index (χ2v) is 9.36. The van der Waals surface area contributed by atoms with Crippen LogP contribution in [-0.2, 0) is 0 Å². The second kappa shape index (κ2) is 25.1. The summed E-state index contributed by atoms with van der Waals surface area (Å²) in [7, 11) is 0. The molecule has 0 aromatic rings. The quantitative estimate of drug-likeness (QED) is 0.0675. The van der Waals surface area contributed by atoms with Gasteiger partial charge in [-0.05, 0) is 23.0 Å². The third-order valence-electron chi connectivity index (χ3n) is 5.29. The van der Waals surface area contributed by atoms with Crippen molar-refractivity contribution in [1.29, 1.82) is 0 Å². The minimum Gasteiger partial charge on any atom is -0.179 e. The Hall–Kier alpha value is 1.08. The summed E-state index contributed by atoms with van der Waals surface area (Å²) in [5.74, 6) is 1.07. The van der Waals surface area contributed by atoms with E-state index in [0.717, 1.165) is 5.75 Å². The van der Waals surface area contributed by atoms with Crippen molar-refractivity contribution in [3.63, 3.8) is 0 Å². The van der Waals surface area contributed by atoms with E-state index in [1.54, 1.807) is 0 Å². The highest BCUT2D eigenvalue weighted by molar-refractivity contribution is 14.1. The Morgan fingerprint density at radius 3 is 0.720 bits per heavy atom. The molecule has 152 valence electrons. The molecule has 0 radical (unpaired) electrons. The van der Waals surface area contributed by atoms with E-state index in [9.17, 15) is 0 Å². The van der Waals surface area contributed by atoms with Crippen molar-refractivity contribution in [2.24, 2.45) is 0 Å². The van der Waals surface area contributed by atoms with E-state index in [4.69, 9.17) is 0 Å². The lowest BCUT2D eigenvalue weighted by Crippen LogP contribution is -1.84. The van der Waals surface area contributed by atoms with E-state index in [1.165, 1.54) is 139 Å². The first-order valence-corrected chi connectivity index (χ1v) is 13.7. The molecule has 0 bridgehead atoms. The maximum absolute atomic E-state index is 4.26. The zero-order valence-electron chi connectivity index (χ0n) is 17.1. The number of thiol groups is 1. The minimum atomic E-state index is 1.07. The lowest BCUT2D eigenvalue weighted by Gasteiger charge is -2.04. The normalized spacial score (nSPS) is 11.3. The maximum atomic E-state index is 4.26. The Morgan fingerprint density at radius 2 is 0.520 bits per heavy atom. The maximum Gasteiger partial charge on any atom is -0.000473 e. The third kappa shape index (κ3) is 25.1. The Morgan fingerprint density at radius 1 is 0.320 bits per heavy atom. The predicted octanol–water partition coefficient (Wildman–Crippen LogP) is 9.54. The molecule has 0 rings (SSSR count). The van der Waals surface area contributed by atoms with Gasteiger partial charge in [0.15, 0.2) is 0 Å². The fourth-order valence-electron chi connectivity index (χ4n) is 3.57. The first-order chi connectivity index (χ1) is 12.4. The van der Waals surface area contributed by atoms with Gasteiger partial charge in [-0.15, -0.1) is 0 Å². The van der Waals surface area contributed by atoms with Crippen LogP contribution in [0.25, 0.3) is 0 Å². The highest BCUT2D eigenvalue weighted by Gasteiger charge is 1.95. The summed E-state index contributed by atoms with van der Waals surface area (Å²) in [4.78, 5) is 0. The fourth-order valence-corrected chi connectivity index (χ4v) is 4.33. The zero-order valence-corrected chi connectivity index (χ0v) is 20.1. The molecule has 25 heavy (non-hydrogen) atoms. The monoisotopic (exact) mass is 482 g/mol. The molecule has 0 saturated carbocycles. The fraction of sp³-hybridized carbons (Fsp3) is 1.00. The second-order valence-electron chi connectivity index (χ2n) is 7.84. The van der Waals surface area contributed by atoms with Crippen LogP contribution in [-0.4, -0.2) is 10.2 Å². The molecule has 0 aliphatic carbocycles. The van der Waals surface area contributed by atoms with Crippen LogP contribution in [0.15, 0.2) is 0 Å². The van der Waals surface area contributed by atoms with Gasteiger partial charge < -0.3 is 0 Å². The lowest BCUT2D eigenvalue weighted by atomic mass is 10.0. The number of hydrogen-bond donors (Lipinski definition) is 1. The van der Waals surface area contributed by atoms with Crippen LogP contribution in [0.5, 0.6) is 0 Å². The molecule has 0 amide bonds. The molecule has 0 spiro atoms. The van der Waals surface area contributed by atoms with Crippen LogP contribution in [0.4, 0.5) is 0 Å². The van der Waals surface area contributed by atoms with Crippen molar-refractivity contribution in [3.05, 3.63) is 0 Å². The van der Waals surface area contributed by atoms with E-state index in [1.807, 2.05) is 0 Å². The number of alkyl halides is 1. The molecule has 0 N–H and O–H groups in total. The van der Waals surface area contributed by atoms with E-state index in [2.05, 4.69) is 35.2 Å². The lowest BCUT2D eigenvalue weighted by molar-refractivity contribution is 0.521. The van der Waals surface area contributed by atoms with Crippen molar-refractivity contribution in [3.8, 4) is 0 Å². The molecule has 0 unspecified atom stereocenters. The standard InChI is InChI=1S/C23H47IS/c24-22-20-18-16-14-12-10-8-6-4-2-1-3-5-7-9-11-13-15-17-19-21-23-25/h25H,1-23H2. The van der Waals surface area contributed by atoms with Gasteiger partial charge in [-0.3, -0.25) is 0 Å². The summed E-state index contributed by atoms with van der Waals surface area (Å²) >= 11 is 6.76. The Labute approximate surface area is 179 Å². The topological polar surface area (TPSA) is 0 Å². The molecule has 0 aliphatic heterocycles. The van der Waals surface area contributed by atoms with E-state index in [-0.39, 0.29) is 0 Å². The zero-order chi connectivity index (χ0) is 18.3. The van der Waals surface area contributed by atoms with Gasteiger partial charge in [-0.2, -0.15) is 12.6 Å². The molecular formula is C23H47IS. The Balaban J connectivity index is 2.94. The van der Waals surface area contributed by atoms with E-state index in [0.29, 0.717) is 0 Å². The van der Waals surface area contributed by atoms with Crippen molar-refractivity contribution in [2.75, 3.05) is 10.2 Å². The predicted molar refractivity (Wildman–Crippen MR) is 130 cm³/mol. The third-order valence-corrected chi connectivity index (χ3v) is 6.37. The minimum absolute atomic E-state index is 1.07. The number of rotatable bonds is 22. The van der Waals surface area contributed by atoms with Gasteiger partial charge in [-0.1, -0.05) is 145 Å². The molecule has 0 aliphatic rings. The molecular weight excluding hydrogens is 435 g/mol. The first-order valence-electron chi connectivity index (χ1n) is 11.6. The van der Waals surface area contributed by atoms with Crippen molar-refractivity contribution >= 4 is 35.2 Å². The number of halogens is 1. The average molecular weight is 483 g/mol. The molecule has 0 saturated heterocycles. The van der Waals surface area contributed by atoms with Crippen LogP contribution < -0.4 is 0 Å². The van der Waals surface area contributed by atoms with Crippen LogP contribution in [0, 0.1) is 0 Å². The van der Waals surface area contributed by atoms with Gasteiger partial charge in [-0.25, -0.2) is 0 Å². The smallest absolute Gasteiger partial charge is 0.000473 e. The SMILES string of the molecule is SCCCCCCCCCCCCCCCCCCCCCCCI. The summed E-state index contributed by atoms with van der Waals surface area (Å²) in [6.45, 7) is 0. The summed E-state index contributed by atoms with van der Waals surface area (Å²) in [6, 6.07) is 0. The number of hydrogen-bond acceptors (Lipinski definition) is 1. The molecule has 0 aromatic carbocycles. The van der Waals surface area contributed by atoms with Gasteiger partial charge in [0.1, 0.15) is 0 Å². The molecule has 2 heteroatoms. The highest BCUT2D eigenvalue weighted by Crippen LogP contribution is 2.15. The molecule has 0 aromatic heterocycles. The highest BCUT2D eigenvalue weighted by atomic mass is 127. The summed E-state index contributed by atoms with van der Waals surface area (Å²) in [6.07, 6.45) is 30.7. The van der Waals surface area contributed by atoms with Crippen LogP contribution in [0.3, 0.4) is 0 Å². The van der Waals surface area contributed by atoms with E-state index >= 15 is 0 Å². The van der Waals surface area contributed by atoms with Gasteiger partial charge in [0.2, 0.25) is 0 Å². The van der Waals surface area contributed by atoms with Gasteiger partial charge >= 0.3 is 0 Å². The Kier molecular flexibility index (Phi) is 26.2. The molecule has 0 fully saturated rings. The van der Waals surface area contributed by atoms with Crippen LogP contribution >= 0.6 is 35.2 Å². The van der Waals surface area contributed by atoms with Crippen LogP contribution in [0.2, 0.25) is 0 Å². The van der Waals surface area contributed by atoms with Gasteiger partial charge in [0.05, 0.1) is 0 Å². The molecule has 0 nitrogen and oxygen atoms in total. The van der Waals surface area contributed by atoms with Gasteiger partial charge in [0, 0.05) is 0 Å². The number of unbranched alkanes of at least 4 members (excludes halogenated alkanes) is 20. The first kappa shape index (κ1) is 26.1. The Bertz CT molecular complexity index is 198. The van der Waals surface area contributed by atoms with E-state index < -0.39 is 0 Å². The summed E-state index contributed by atoms with van der Waals surface area (Å²) in [5, 5.41) is 0. The largest absolute Gasteiger partial charge is 0.179 e. The molecule has 0 heterocycles. The van der Waals surface area contributed by atoms with Crippen molar-refractivity contribution in [1.82, 2.24) is 0 Å². The molecule has 0 atom stereocenters. The van der Waals surface area contributed by atoms with Crippen molar-refractivity contribution < 1.29 is 0 Å².